The van der Waals surface area contributed by atoms with Crippen molar-refractivity contribution in [1.29, 1.82) is 0 Å². The first-order valence-corrected chi connectivity index (χ1v) is 9.21. The number of anilines is 1. The zero-order valence-corrected chi connectivity index (χ0v) is 15.0. The average molecular weight is 345 g/mol. The summed E-state index contributed by atoms with van der Waals surface area (Å²) in [6.45, 7) is 7.74. The predicted octanol–water partition coefficient (Wildman–Crippen LogP) is 2.74. The maximum Gasteiger partial charge on any atom is 0.228 e. The van der Waals surface area contributed by atoms with Gasteiger partial charge in [-0.05, 0) is 26.0 Å². The number of aromatic nitrogens is 1. The highest BCUT2D eigenvalue weighted by Crippen LogP contribution is 2.28. The van der Waals surface area contributed by atoms with Gasteiger partial charge in [0.15, 0.2) is 0 Å². The Labute approximate surface area is 146 Å². The monoisotopic (exact) mass is 345 g/mol. The summed E-state index contributed by atoms with van der Waals surface area (Å²) in [6.07, 6.45) is 0.403. The second kappa shape index (κ2) is 7.66. The average Bonchev–Trinajstić information content (AvgIpc) is 3.01. The van der Waals surface area contributed by atoms with E-state index in [2.05, 4.69) is 16.0 Å². The summed E-state index contributed by atoms with van der Waals surface area (Å²) < 4.78 is 5.72. The summed E-state index contributed by atoms with van der Waals surface area (Å²) >= 11 is 1.59. The van der Waals surface area contributed by atoms with Crippen LogP contribution in [0.5, 0.6) is 5.75 Å². The molecule has 1 fully saturated rings. The number of piperazine rings is 1. The van der Waals surface area contributed by atoms with Crippen LogP contribution >= 0.6 is 11.3 Å². The number of amides is 1. The molecule has 0 atom stereocenters. The third kappa shape index (κ3) is 3.87. The van der Waals surface area contributed by atoms with Crippen molar-refractivity contribution >= 4 is 22.9 Å². The Bertz CT molecular complexity index is 693. The minimum atomic E-state index is 0.165. The smallest absolute Gasteiger partial charge is 0.228 e. The summed E-state index contributed by atoms with van der Waals surface area (Å²) in [6, 6.07) is 8.10. The number of rotatable bonds is 5. The molecule has 0 radical (unpaired) electrons. The van der Waals surface area contributed by atoms with Crippen molar-refractivity contribution in [1.82, 2.24) is 9.88 Å². The summed E-state index contributed by atoms with van der Waals surface area (Å²) in [5.41, 5.74) is 1.99. The Kier molecular flexibility index (Phi) is 5.35. The third-order valence-electron chi connectivity index (χ3n) is 4.14. The minimum Gasteiger partial charge on any atom is -0.492 e. The number of benzene rings is 1. The number of aryl methyl sites for hydroxylation is 1. The molecule has 128 valence electrons. The van der Waals surface area contributed by atoms with Crippen LogP contribution in [0.2, 0.25) is 0 Å². The number of carbonyl (C=O) groups excluding carboxylic acids is 1. The van der Waals surface area contributed by atoms with Gasteiger partial charge in [-0.3, -0.25) is 4.79 Å². The quantitative estimate of drug-likeness (QED) is 0.836. The van der Waals surface area contributed by atoms with Crippen LogP contribution in [0, 0.1) is 6.92 Å². The zero-order chi connectivity index (χ0) is 16.9. The van der Waals surface area contributed by atoms with Gasteiger partial charge in [-0.1, -0.05) is 12.1 Å². The van der Waals surface area contributed by atoms with E-state index in [0.717, 1.165) is 48.3 Å². The largest absolute Gasteiger partial charge is 0.492 e. The number of carbonyl (C=O) groups is 1. The van der Waals surface area contributed by atoms with E-state index in [1.54, 1.807) is 11.3 Å². The lowest BCUT2D eigenvalue weighted by Crippen LogP contribution is -2.49. The molecule has 0 N–H and O–H groups in total. The second-order valence-electron chi connectivity index (χ2n) is 5.80. The number of hydrogen-bond acceptors (Lipinski definition) is 5. The van der Waals surface area contributed by atoms with E-state index in [0.29, 0.717) is 13.0 Å². The molecule has 2 aromatic rings. The maximum absolute atomic E-state index is 12.4. The van der Waals surface area contributed by atoms with Gasteiger partial charge in [0.1, 0.15) is 5.75 Å². The summed E-state index contributed by atoms with van der Waals surface area (Å²) in [5.74, 6) is 1.08. The highest BCUT2D eigenvalue weighted by molar-refractivity contribution is 7.09. The van der Waals surface area contributed by atoms with Crippen LogP contribution < -0.4 is 9.64 Å². The lowest BCUT2D eigenvalue weighted by molar-refractivity contribution is -0.130. The molecular formula is C18H23N3O2S. The van der Waals surface area contributed by atoms with E-state index in [9.17, 15) is 4.79 Å². The van der Waals surface area contributed by atoms with Crippen LogP contribution in [-0.2, 0) is 11.2 Å². The number of ether oxygens (including phenoxy) is 1. The van der Waals surface area contributed by atoms with Crippen LogP contribution in [0.15, 0.2) is 29.6 Å². The van der Waals surface area contributed by atoms with Gasteiger partial charge in [0.05, 0.1) is 29.4 Å². The Morgan fingerprint density at radius 2 is 2.00 bits per heavy atom. The highest BCUT2D eigenvalue weighted by Gasteiger charge is 2.23. The van der Waals surface area contributed by atoms with E-state index < -0.39 is 0 Å². The fraction of sp³-hybridized carbons (Fsp3) is 0.444. The molecule has 1 aliphatic heterocycles. The first kappa shape index (κ1) is 16.8. The van der Waals surface area contributed by atoms with Crippen molar-refractivity contribution in [2.24, 2.45) is 0 Å². The van der Waals surface area contributed by atoms with Crippen molar-refractivity contribution in [3.05, 3.63) is 40.3 Å². The van der Waals surface area contributed by atoms with Gasteiger partial charge in [-0.25, -0.2) is 4.98 Å². The van der Waals surface area contributed by atoms with Crippen LogP contribution in [-0.4, -0.2) is 48.6 Å². The summed E-state index contributed by atoms with van der Waals surface area (Å²) in [4.78, 5) is 21.1. The molecule has 3 rings (SSSR count). The molecule has 2 heterocycles. The van der Waals surface area contributed by atoms with Crippen LogP contribution in [0.4, 0.5) is 5.69 Å². The number of thiazole rings is 1. The molecule has 5 nitrogen and oxygen atoms in total. The van der Waals surface area contributed by atoms with Gasteiger partial charge >= 0.3 is 0 Å². The first-order chi connectivity index (χ1) is 11.7. The molecule has 1 aromatic heterocycles. The number of nitrogens with zero attached hydrogens (tertiary/aromatic N) is 3. The Hall–Kier alpha value is -2.08. The molecule has 0 saturated carbocycles. The number of hydrogen-bond donors (Lipinski definition) is 0. The van der Waals surface area contributed by atoms with E-state index in [4.69, 9.17) is 4.74 Å². The van der Waals surface area contributed by atoms with Crippen molar-refractivity contribution in [2.45, 2.75) is 20.3 Å². The number of para-hydroxylation sites is 2. The van der Waals surface area contributed by atoms with Crippen LogP contribution in [0.25, 0.3) is 0 Å². The molecule has 1 aromatic carbocycles. The first-order valence-electron chi connectivity index (χ1n) is 8.33. The molecule has 1 saturated heterocycles. The molecule has 6 heteroatoms. The summed E-state index contributed by atoms with van der Waals surface area (Å²) in [5, 5.41) is 2.98. The Morgan fingerprint density at radius 1 is 1.25 bits per heavy atom. The standard InChI is InChI=1S/C18H23N3O2S/c1-3-23-17-7-5-4-6-16(17)20-8-10-21(11-9-20)18(22)12-15-13-24-14(2)19-15/h4-7,13H,3,8-12H2,1-2H3. The molecule has 24 heavy (non-hydrogen) atoms. The lowest BCUT2D eigenvalue weighted by Gasteiger charge is -2.36. The predicted molar refractivity (Wildman–Crippen MR) is 97.0 cm³/mol. The van der Waals surface area contributed by atoms with Gasteiger partial charge in [0, 0.05) is 31.6 Å². The van der Waals surface area contributed by atoms with Gasteiger partial charge in [0.25, 0.3) is 0 Å². The van der Waals surface area contributed by atoms with Crippen molar-refractivity contribution < 1.29 is 9.53 Å². The van der Waals surface area contributed by atoms with Gasteiger partial charge in [-0.15, -0.1) is 11.3 Å². The SMILES string of the molecule is CCOc1ccccc1N1CCN(C(=O)Cc2csc(C)n2)CC1. The molecule has 1 amide bonds. The van der Waals surface area contributed by atoms with Gasteiger partial charge < -0.3 is 14.5 Å². The third-order valence-corrected chi connectivity index (χ3v) is 4.96. The van der Waals surface area contributed by atoms with Crippen molar-refractivity contribution in [3.63, 3.8) is 0 Å². The van der Waals surface area contributed by atoms with Crippen molar-refractivity contribution in [3.8, 4) is 5.75 Å². The molecular weight excluding hydrogens is 322 g/mol. The topological polar surface area (TPSA) is 45.7 Å². The van der Waals surface area contributed by atoms with E-state index >= 15 is 0 Å². The van der Waals surface area contributed by atoms with Crippen LogP contribution in [0.1, 0.15) is 17.6 Å². The normalized spacial score (nSPS) is 14.8. The molecule has 1 aliphatic rings. The highest BCUT2D eigenvalue weighted by atomic mass is 32.1. The van der Waals surface area contributed by atoms with Crippen molar-refractivity contribution in [2.75, 3.05) is 37.7 Å². The molecule has 0 bridgehead atoms. The fourth-order valence-corrected chi connectivity index (χ4v) is 3.56. The molecule has 0 unspecified atom stereocenters. The zero-order valence-electron chi connectivity index (χ0n) is 14.2. The van der Waals surface area contributed by atoms with E-state index in [1.165, 1.54) is 0 Å². The minimum absolute atomic E-state index is 0.165. The second-order valence-corrected chi connectivity index (χ2v) is 6.87. The molecule has 0 spiro atoms. The van der Waals surface area contributed by atoms with Crippen LogP contribution in [0.3, 0.4) is 0 Å². The van der Waals surface area contributed by atoms with Gasteiger partial charge in [0.2, 0.25) is 5.91 Å². The maximum atomic E-state index is 12.4. The van der Waals surface area contributed by atoms with E-state index in [-0.39, 0.29) is 5.91 Å². The Morgan fingerprint density at radius 3 is 2.67 bits per heavy atom. The fourth-order valence-electron chi connectivity index (χ4n) is 2.95. The van der Waals surface area contributed by atoms with Gasteiger partial charge in [-0.2, -0.15) is 0 Å². The lowest BCUT2D eigenvalue weighted by atomic mass is 10.2. The van der Waals surface area contributed by atoms with E-state index in [1.807, 2.05) is 42.3 Å². The Balaban J connectivity index is 1.58. The summed E-state index contributed by atoms with van der Waals surface area (Å²) in [7, 11) is 0. The molecule has 0 aliphatic carbocycles.